The van der Waals surface area contributed by atoms with Crippen molar-refractivity contribution in [1.82, 2.24) is 4.90 Å². The molecule has 4 bridgehead atoms. The van der Waals surface area contributed by atoms with Crippen molar-refractivity contribution in [2.75, 3.05) is 6.54 Å². The first-order valence-corrected chi connectivity index (χ1v) is 12.1. The number of carbonyl (C=O) groups excluding carboxylic acids is 2. The summed E-state index contributed by atoms with van der Waals surface area (Å²) in [6, 6.07) is 10.1. The van der Waals surface area contributed by atoms with Crippen molar-refractivity contribution < 1.29 is 14.3 Å². The van der Waals surface area contributed by atoms with Crippen LogP contribution < -0.4 is 4.74 Å². The molecule has 4 aliphatic rings. The molecule has 0 N–H and O–H groups in total. The molecule has 1 fully saturated rings. The number of hydrogen-bond acceptors (Lipinski definition) is 4. The highest BCUT2D eigenvalue weighted by Gasteiger charge is 2.41. The number of thioether (sulfide) groups is 1. The fraction of sp³-hybridized carbons (Fsp3) is 0.417. The minimum absolute atomic E-state index is 0.149. The van der Waals surface area contributed by atoms with Gasteiger partial charge in [-0.3, -0.25) is 9.59 Å². The van der Waals surface area contributed by atoms with E-state index in [0.717, 1.165) is 71.0 Å². The number of ether oxygens (including phenoxy) is 1. The predicted molar refractivity (Wildman–Crippen MR) is 119 cm³/mol. The Labute approximate surface area is 185 Å². The number of benzene rings is 2. The molecule has 0 radical (unpaired) electrons. The molecule has 2 aliphatic heterocycles. The molecule has 1 atom stereocenters. The lowest BCUT2D eigenvalue weighted by Gasteiger charge is -2.40. The topological polar surface area (TPSA) is 46.6 Å². The van der Waals surface area contributed by atoms with Crippen LogP contribution in [0, 0.1) is 0 Å². The van der Waals surface area contributed by atoms with Crippen LogP contribution in [0.1, 0.15) is 64.7 Å². The Bertz CT molecular complexity index is 996. The minimum Gasteiger partial charge on any atom is -0.488 e. The Morgan fingerprint density at radius 1 is 1.07 bits per heavy atom. The molecule has 30 heavy (non-hydrogen) atoms. The number of nitrogens with zero attached hydrogens (tertiary/aromatic N) is 1. The number of unbranched alkanes of at least 4 members (excludes halogenated alkanes) is 3. The fourth-order valence-electron chi connectivity index (χ4n) is 4.53. The summed E-state index contributed by atoms with van der Waals surface area (Å²) < 4.78 is 5.58. The summed E-state index contributed by atoms with van der Waals surface area (Å²) in [4.78, 5) is 26.2. The Balaban J connectivity index is 1.03. The molecule has 156 valence electrons. The van der Waals surface area contributed by atoms with Crippen LogP contribution in [-0.4, -0.2) is 28.5 Å². The summed E-state index contributed by atoms with van der Waals surface area (Å²) in [5, 5.41) is 1.02. The third-order valence-electron chi connectivity index (χ3n) is 6.28. The molecule has 6 rings (SSSR count). The van der Waals surface area contributed by atoms with Crippen LogP contribution in [0.5, 0.6) is 5.75 Å². The highest BCUT2D eigenvalue weighted by molar-refractivity contribution is 7.99. The maximum absolute atomic E-state index is 12.2. The van der Waals surface area contributed by atoms with Gasteiger partial charge in [0.1, 0.15) is 12.4 Å². The van der Waals surface area contributed by atoms with E-state index in [2.05, 4.69) is 12.1 Å². The summed E-state index contributed by atoms with van der Waals surface area (Å²) in [5.41, 5.74) is 5.16. The first-order valence-electron chi connectivity index (χ1n) is 10.6. The van der Waals surface area contributed by atoms with Gasteiger partial charge in [0.25, 0.3) is 0 Å². The molecule has 0 spiro atoms. The average Bonchev–Trinajstić information content (AvgIpc) is 3.01. The molecule has 4 nitrogen and oxygen atoms in total. The molecule has 1 amide bonds. The quantitative estimate of drug-likeness (QED) is 0.313. The average molecular weight is 442 g/mol. The third-order valence-corrected chi connectivity index (χ3v) is 7.81. The Morgan fingerprint density at radius 3 is 2.63 bits per heavy atom. The van der Waals surface area contributed by atoms with E-state index in [0.29, 0.717) is 13.0 Å². The lowest BCUT2D eigenvalue weighted by Crippen LogP contribution is -2.51. The van der Waals surface area contributed by atoms with Crippen LogP contribution in [0.3, 0.4) is 0 Å². The van der Waals surface area contributed by atoms with Gasteiger partial charge in [0.05, 0.1) is 17.4 Å². The van der Waals surface area contributed by atoms with E-state index in [-0.39, 0.29) is 17.1 Å². The molecule has 1 saturated heterocycles. The van der Waals surface area contributed by atoms with Crippen molar-refractivity contribution in [3.8, 4) is 5.75 Å². The number of hydrogen-bond donors (Lipinski definition) is 0. The van der Waals surface area contributed by atoms with E-state index in [1.165, 1.54) is 12.0 Å². The van der Waals surface area contributed by atoms with Crippen molar-refractivity contribution >= 4 is 35.1 Å². The van der Waals surface area contributed by atoms with Gasteiger partial charge in [-0.25, -0.2) is 0 Å². The number of ketones is 1. The van der Waals surface area contributed by atoms with E-state index in [1.54, 1.807) is 11.8 Å². The maximum atomic E-state index is 12.2. The van der Waals surface area contributed by atoms with E-state index < -0.39 is 0 Å². The molecule has 2 aromatic rings. The maximum Gasteiger partial charge on any atom is 0.226 e. The Kier molecular flexibility index (Phi) is 5.50. The van der Waals surface area contributed by atoms with Gasteiger partial charge in [-0.15, -0.1) is 11.8 Å². The van der Waals surface area contributed by atoms with Crippen molar-refractivity contribution in [2.45, 2.75) is 56.3 Å². The second-order valence-electron chi connectivity index (χ2n) is 8.23. The van der Waals surface area contributed by atoms with Crippen LogP contribution >= 0.6 is 23.4 Å². The molecule has 6 heteroatoms. The van der Waals surface area contributed by atoms with Crippen molar-refractivity contribution in [2.24, 2.45) is 0 Å². The van der Waals surface area contributed by atoms with E-state index in [4.69, 9.17) is 16.3 Å². The number of likely N-dealkylation sites (tertiary alicyclic amines) is 1. The lowest BCUT2D eigenvalue weighted by molar-refractivity contribution is -0.141. The van der Waals surface area contributed by atoms with Gasteiger partial charge >= 0.3 is 0 Å². The Morgan fingerprint density at radius 2 is 1.87 bits per heavy atom. The van der Waals surface area contributed by atoms with Gasteiger partial charge in [-0.2, -0.15) is 0 Å². The van der Waals surface area contributed by atoms with E-state index in [1.807, 2.05) is 23.1 Å². The van der Waals surface area contributed by atoms with Gasteiger partial charge in [-0.05, 0) is 48.6 Å². The summed E-state index contributed by atoms with van der Waals surface area (Å²) in [5.74, 6) is 1.91. The van der Waals surface area contributed by atoms with Crippen LogP contribution in [0.4, 0.5) is 0 Å². The first-order chi connectivity index (χ1) is 14.6. The second-order valence-corrected chi connectivity index (χ2v) is 9.83. The summed E-state index contributed by atoms with van der Waals surface area (Å²) >= 11 is 7.69. The smallest absolute Gasteiger partial charge is 0.226 e. The highest BCUT2D eigenvalue weighted by Crippen LogP contribution is 2.46. The lowest BCUT2D eigenvalue weighted by atomic mass is 9.81. The van der Waals surface area contributed by atoms with Crippen molar-refractivity contribution in [3.63, 3.8) is 0 Å². The fourth-order valence-corrected chi connectivity index (χ4v) is 5.92. The van der Waals surface area contributed by atoms with Gasteiger partial charge in [0, 0.05) is 28.4 Å². The number of aryl methyl sites for hydroxylation is 1. The standard InChI is InChI=1S/C24H24ClNO3S/c25-17-8-6-15(7-9-17)5-3-1-2-4-10-26-20(27)12-21(26)30-14-16-11-19-23-18(13-29-19)22(16)24(23)28/h6-9,11,21H,1-5,10,12-14H2. The largest absolute Gasteiger partial charge is 0.488 e. The van der Waals surface area contributed by atoms with Crippen LogP contribution in [0.25, 0.3) is 0 Å². The SMILES string of the molecule is O=C1c2c(CSC3CC(=O)N3CCCCCCc3ccc(Cl)cc3)cc3c1c2CO3. The molecular formula is C24H24ClNO3S. The number of halogens is 1. The summed E-state index contributed by atoms with van der Waals surface area (Å²) in [7, 11) is 0. The van der Waals surface area contributed by atoms with E-state index >= 15 is 0 Å². The second kappa shape index (κ2) is 8.27. The summed E-state index contributed by atoms with van der Waals surface area (Å²) in [6.45, 7) is 1.38. The van der Waals surface area contributed by atoms with Crippen molar-refractivity contribution in [1.29, 1.82) is 0 Å². The number of carbonyl (C=O) groups is 2. The van der Waals surface area contributed by atoms with Crippen LogP contribution in [0.2, 0.25) is 5.02 Å². The number of amides is 1. The summed E-state index contributed by atoms with van der Waals surface area (Å²) in [6.07, 6.45) is 6.20. The molecular weight excluding hydrogens is 418 g/mol. The zero-order valence-electron chi connectivity index (χ0n) is 16.8. The van der Waals surface area contributed by atoms with Gasteiger partial charge in [0.2, 0.25) is 5.91 Å². The van der Waals surface area contributed by atoms with Gasteiger partial charge in [0.15, 0.2) is 5.78 Å². The highest BCUT2D eigenvalue weighted by atomic mass is 35.5. The number of fused-ring (bicyclic) bond motifs is 1. The number of β-lactam (4-membered cyclic amide) rings is 1. The monoisotopic (exact) mass is 441 g/mol. The minimum atomic E-state index is 0.149. The molecule has 0 aromatic heterocycles. The molecule has 2 heterocycles. The van der Waals surface area contributed by atoms with E-state index in [9.17, 15) is 9.59 Å². The first kappa shape index (κ1) is 20.0. The predicted octanol–water partition coefficient (Wildman–Crippen LogP) is 5.37. The van der Waals surface area contributed by atoms with Gasteiger partial charge < -0.3 is 9.64 Å². The van der Waals surface area contributed by atoms with Crippen LogP contribution in [0.15, 0.2) is 30.3 Å². The van der Waals surface area contributed by atoms with Crippen LogP contribution in [-0.2, 0) is 23.6 Å². The molecule has 1 unspecified atom stereocenters. The Hall–Kier alpha value is -1.98. The van der Waals surface area contributed by atoms with Gasteiger partial charge in [-0.1, -0.05) is 36.6 Å². The van der Waals surface area contributed by atoms with Crippen molar-refractivity contribution in [3.05, 3.63) is 63.2 Å². The molecule has 0 saturated carbocycles. The number of rotatable bonds is 10. The third kappa shape index (κ3) is 3.63. The zero-order chi connectivity index (χ0) is 20.7. The molecule has 2 aliphatic carbocycles. The molecule has 2 aromatic carbocycles. The normalized spacial score (nSPS) is 18.3. The zero-order valence-corrected chi connectivity index (χ0v) is 18.4.